The fourth-order valence-electron chi connectivity index (χ4n) is 4.76. The first-order valence-corrected chi connectivity index (χ1v) is 20.1. The average Bonchev–Trinajstić information content (AvgIpc) is 3.12. The summed E-state index contributed by atoms with van der Waals surface area (Å²) < 4.78 is 6.47. The SMILES string of the molecule is CCCCN(CC(=O)Nc1ccc(Oc2ccc(NC(=O)CN(CCCC)C(=S)[S-])cc2)cc1)C(=S)[S-].CC[NH+](CC)CC.CC[NH+](CC)CC. The van der Waals surface area contributed by atoms with Gasteiger partial charge in [0.25, 0.3) is 0 Å². The number of nitrogens with zero attached hydrogens (tertiary/aromatic N) is 2. The molecule has 2 aromatic carbocycles. The van der Waals surface area contributed by atoms with E-state index in [-0.39, 0.29) is 24.9 Å². The molecule has 0 bridgehead atoms. The molecule has 0 aromatic heterocycles. The summed E-state index contributed by atoms with van der Waals surface area (Å²) in [5, 5.41) is 5.70. The third kappa shape index (κ3) is 22.8. The van der Waals surface area contributed by atoms with Gasteiger partial charge in [0.05, 0.1) is 52.4 Å². The smallest absolute Gasteiger partial charge is 0.243 e. The van der Waals surface area contributed by atoms with Crippen molar-refractivity contribution in [2.75, 3.05) is 76.1 Å². The number of quaternary nitrogens is 2. The number of ether oxygens (including phenoxy) is 1. The zero-order valence-electron chi connectivity index (χ0n) is 32.3. The highest BCUT2D eigenvalue weighted by Crippen LogP contribution is 2.24. The average molecular weight is 781 g/mol. The molecular weight excluding hydrogens is 717 g/mol. The normalized spacial score (nSPS) is 10.3. The summed E-state index contributed by atoms with van der Waals surface area (Å²) in [6.07, 6.45) is 3.84. The molecule has 0 saturated carbocycles. The highest BCUT2D eigenvalue weighted by atomic mass is 32.1. The number of unbranched alkanes of at least 4 members (excludes halogenated alkanes) is 2. The molecule has 0 spiro atoms. The Bertz CT molecular complexity index is 1140. The van der Waals surface area contributed by atoms with Gasteiger partial charge in [-0.3, -0.25) is 9.59 Å². The van der Waals surface area contributed by atoms with Gasteiger partial charge in [0.2, 0.25) is 11.8 Å². The minimum Gasteiger partial charge on any atom is -0.457 e. The molecular formula is C38H64N6O3S4. The van der Waals surface area contributed by atoms with Crippen LogP contribution in [0.4, 0.5) is 11.4 Å². The van der Waals surface area contributed by atoms with Crippen molar-refractivity contribution in [3.8, 4) is 11.5 Å². The lowest BCUT2D eigenvalue weighted by Crippen LogP contribution is -3.11. The van der Waals surface area contributed by atoms with E-state index in [0.29, 0.717) is 44.6 Å². The van der Waals surface area contributed by atoms with Crippen LogP contribution in [-0.4, -0.2) is 95.7 Å². The van der Waals surface area contributed by atoms with Crippen LogP contribution in [0.25, 0.3) is 0 Å². The lowest BCUT2D eigenvalue weighted by Gasteiger charge is -2.27. The first-order valence-electron chi connectivity index (χ1n) is 18.5. The largest absolute Gasteiger partial charge is 0.457 e. The topological polar surface area (TPSA) is 82.8 Å². The van der Waals surface area contributed by atoms with Gasteiger partial charge < -0.3 is 84.7 Å². The molecule has 0 aliphatic carbocycles. The van der Waals surface area contributed by atoms with Crippen LogP contribution in [0.5, 0.6) is 11.5 Å². The molecule has 0 fully saturated rings. The maximum atomic E-state index is 12.4. The van der Waals surface area contributed by atoms with E-state index in [1.54, 1.807) is 68.1 Å². The van der Waals surface area contributed by atoms with Crippen LogP contribution in [0.2, 0.25) is 0 Å². The van der Waals surface area contributed by atoms with E-state index in [1.165, 1.54) is 39.3 Å². The quantitative estimate of drug-likeness (QED) is 0.109. The molecule has 0 radical (unpaired) electrons. The molecule has 0 aliphatic heterocycles. The van der Waals surface area contributed by atoms with Crippen LogP contribution < -0.4 is 25.2 Å². The van der Waals surface area contributed by atoms with Crippen molar-refractivity contribution in [1.82, 2.24) is 9.80 Å². The lowest BCUT2D eigenvalue weighted by atomic mass is 10.2. The van der Waals surface area contributed by atoms with Crippen LogP contribution in [0, 0.1) is 0 Å². The summed E-state index contributed by atoms with van der Waals surface area (Å²) in [5.74, 6) is 0.850. The van der Waals surface area contributed by atoms with Crippen molar-refractivity contribution in [2.45, 2.75) is 81.1 Å². The monoisotopic (exact) mass is 780 g/mol. The van der Waals surface area contributed by atoms with E-state index in [9.17, 15) is 9.59 Å². The molecule has 0 atom stereocenters. The predicted octanol–water partition coefficient (Wildman–Crippen LogP) is 5.09. The highest BCUT2D eigenvalue weighted by Gasteiger charge is 2.10. The van der Waals surface area contributed by atoms with E-state index < -0.39 is 0 Å². The summed E-state index contributed by atoms with van der Waals surface area (Å²) in [5.41, 5.74) is 1.29. The molecule has 2 amide bonds. The van der Waals surface area contributed by atoms with Crippen LogP contribution in [0.15, 0.2) is 48.5 Å². The van der Waals surface area contributed by atoms with Crippen LogP contribution in [-0.2, 0) is 34.8 Å². The Labute approximate surface area is 331 Å². The van der Waals surface area contributed by atoms with Crippen LogP contribution in [0.3, 0.4) is 0 Å². The van der Waals surface area contributed by atoms with Gasteiger partial charge in [-0.05, 0) is 103 Å². The van der Waals surface area contributed by atoms with Gasteiger partial charge in [-0.2, -0.15) is 0 Å². The fraction of sp³-hybridized carbons (Fsp3) is 0.579. The van der Waals surface area contributed by atoms with Gasteiger partial charge in [-0.1, -0.05) is 35.3 Å². The molecule has 2 rings (SSSR count). The molecule has 51 heavy (non-hydrogen) atoms. The fourth-order valence-corrected chi connectivity index (χ4v) is 5.39. The van der Waals surface area contributed by atoms with Gasteiger partial charge in [-0.15, -0.1) is 0 Å². The van der Waals surface area contributed by atoms with Gasteiger partial charge in [-0.25, -0.2) is 0 Å². The number of amides is 2. The van der Waals surface area contributed by atoms with Gasteiger partial charge in [0.15, 0.2) is 0 Å². The number of benzene rings is 2. The number of hydrogen-bond acceptors (Lipinski definition) is 7. The van der Waals surface area contributed by atoms with E-state index >= 15 is 0 Å². The van der Waals surface area contributed by atoms with Crippen LogP contribution >= 0.6 is 24.4 Å². The first-order chi connectivity index (χ1) is 24.4. The summed E-state index contributed by atoms with van der Waals surface area (Å²) in [6, 6.07) is 14.1. The maximum Gasteiger partial charge on any atom is 0.243 e. The van der Waals surface area contributed by atoms with Crippen molar-refractivity contribution in [2.24, 2.45) is 0 Å². The molecule has 2 aromatic rings. The third-order valence-corrected chi connectivity index (χ3v) is 9.29. The molecule has 13 heteroatoms. The Kier molecular flexibility index (Phi) is 28.3. The number of hydrogen-bond donors (Lipinski definition) is 4. The van der Waals surface area contributed by atoms with Crippen molar-refractivity contribution < 1.29 is 24.1 Å². The van der Waals surface area contributed by atoms with Crippen molar-refractivity contribution in [3.63, 3.8) is 0 Å². The van der Waals surface area contributed by atoms with Crippen LogP contribution in [0.1, 0.15) is 81.1 Å². The number of rotatable bonds is 20. The molecule has 0 heterocycles. The molecule has 288 valence electrons. The Morgan fingerprint density at radius 3 is 1.10 bits per heavy atom. The summed E-state index contributed by atoms with van der Waals surface area (Å²) in [6.45, 7) is 26.7. The summed E-state index contributed by atoms with van der Waals surface area (Å²) in [4.78, 5) is 31.6. The second-order valence-corrected chi connectivity index (χ2v) is 14.0. The minimum atomic E-state index is -0.183. The molecule has 4 N–H and O–H groups in total. The van der Waals surface area contributed by atoms with E-state index in [1.807, 2.05) is 0 Å². The van der Waals surface area contributed by atoms with Crippen molar-refractivity contribution in [1.29, 1.82) is 0 Å². The summed E-state index contributed by atoms with van der Waals surface area (Å²) in [7, 11) is 0. The minimum absolute atomic E-state index is 0.125. The van der Waals surface area contributed by atoms with Gasteiger partial charge in [0.1, 0.15) is 11.5 Å². The lowest BCUT2D eigenvalue weighted by molar-refractivity contribution is -0.894. The van der Waals surface area contributed by atoms with E-state index in [0.717, 1.165) is 25.7 Å². The number of anilines is 2. The zero-order valence-corrected chi connectivity index (χ0v) is 35.5. The third-order valence-electron chi connectivity index (χ3n) is 8.26. The first kappa shape index (κ1) is 48.3. The predicted molar refractivity (Wildman–Crippen MR) is 228 cm³/mol. The standard InChI is InChI=1S/C26H34N4O3S4.2C6H15N/c1-3-5-15-29(25(34)35)17-23(31)27-19-7-11-21(12-8-19)33-22-13-9-20(10-14-22)28-24(32)18-30(26(36)37)16-6-4-2;2*1-4-7(5-2)6-3/h7-14H,3-6,15-18H2,1-2H3,(H,27,31)(H,28,32)(H,34,35)(H,36,37);2*4-6H2,1-3H3. The molecule has 0 aliphatic rings. The Balaban J connectivity index is 0.00000149. The second-order valence-electron chi connectivity index (χ2n) is 12.0. The van der Waals surface area contributed by atoms with E-state index in [2.05, 4.69) is 66.0 Å². The molecule has 9 nitrogen and oxygen atoms in total. The zero-order chi connectivity index (χ0) is 38.6. The molecule has 0 saturated heterocycles. The van der Waals surface area contributed by atoms with Crippen molar-refractivity contribution >= 4 is 81.5 Å². The Morgan fingerprint density at radius 2 is 0.882 bits per heavy atom. The van der Waals surface area contributed by atoms with E-state index in [4.69, 9.17) is 54.4 Å². The van der Waals surface area contributed by atoms with Gasteiger partial charge in [0, 0.05) is 24.5 Å². The Hall–Kier alpha value is -2.68. The second kappa shape index (κ2) is 29.9. The Morgan fingerprint density at radius 1 is 0.588 bits per heavy atom. The number of nitrogens with one attached hydrogen (secondary N) is 4. The van der Waals surface area contributed by atoms with Crippen molar-refractivity contribution in [3.05, 3.63) is 48.5 Å². The number of carbonyl (C=O) groups is 2. The number of thiocarbonyl (C=S) groups is 2. The summed E-state index contributed by atoms with van der Waals surface area (Å²) >= 11 is 20.3. The molecule has 0 unspecified atom stereocenters. The highest BCUT2D eigenvalue weighted by molar-refractivity contribution is 8.00. The number of carbonyl (C=O) groups excluding carboxylic acids is 2. The van der Waals surface area contributed by atoms with Gasteiger partial charge >= 0.3 is 0 Å². The maximum absolute atomic E-state index is 12.4.